The number of amides is 3. The van der Waals surface area contributed by atoms with Crippen molar-refractivity contribution in [3.8, 4) is 16.3 Å². The second-order valence-electron chi connectivity index (χ2n) is 16.5. The number of rotatable bonds is 16. The van der Waals surface area contributed by atoms with Gasteiger partial charge >= 0.3 is 6.09 Å². The van der Waals surface area contributed by atoms with Gasteiger partial charge in [0, 0.05) is 35.7 Å². The SMILES string of the molecule is C=C[C@H]1C[C@]1(CC(=O)[C@@H]1C[C@@H](Oc2nccc3ccc(-c4cccs4)cc23)CN1C(=O)[C@H](CCC(=O)C=C(C)C)NC(=O)OC(C)(C)C)C(=O)NS(=O)(=O)C1CC1. The summed E-state index contributed by atoms with van der Waals surface area (Å²) in [6, 6.07) is 9.43. The topological polar surface area (TPSA) is 178 Å². The third-order valence-electron chi connectivity index (χ3n) is 10.4. The number of aromatic nitrogens is 1. The predicted molar refractivity (Wildman–Crippen MR) is 217 cm³/mol. The molecule has 3 fully saturated rings. The summed E-state index contributed by atoms with van der Waals surface area (Å²) in [5.74, 6) is -2.25. The van der Waals surface area contributed by atoms with E-state index in [-0.39, 0.29) is 44.4 Å². The molecule has 2 aromatic heterocycles. The van der Waals surface area contributed by atoms with Gasteiger partial charge in [0.05, 0.1) is 23.3 Å². The Hall–Kier alpha value is -4.89. The van der Waals surface area contributed by atoms with Gasteiger partial charge < -0.3 is 19.7 Å². The van der Waals surface area contributed by atoms with Crippen LogP contribution in [0.4, 0.5) is 4.79 Å². The summed E-state index contributed by atoms with van der Waals surface area (Å²) in [6.45, 7) is 12.3. The number of nitrogens with one attached hydrogen (secondary N) is 2. The molecule has 2 aliphatic carbocycles. The fraction of sp³-hybridized carbons (Fsp3) is 0.476. The maximum atomic E-state index is 14.6. The van der Waals surface area contributed by atoms with Gasteiger partial charge in [-0.25, -0.2) is 18.2 Å². The van der Waals surface area contributed by atoms with Crippen molar-refractivity contribution in [2.75, 3.05) is 6.54 Å². The molecule has 304 valence electrons. The molecule has 0 bridgehead atoms. The molecule has 0 unspecified atom stereocenters. The molecule has 0 radical (unpaired) electrons. The molecule has 57 heavy (non-hydrogen) atoms. The zero-order valence-corrected chi connectivity index (χ0v) is 34.5. The van der Waals surface area contributed by atoms with Crippen LogP contribution in [-0.4, -0.2) is 83.4 Å². The van der Waals surface area contributed by atoms with Gasteiger partial charge in [-0.1, -0.05) is 29.8 Å². The Morgan fingerprint density at radius 2 is 1.88 bits per heavy atom. The van der Waals surface area contributed by atoms with E-state index in [1.54, 1.807) is 58.2 Å². The number of hydrogen-bond acceptors (Lipinski definition) is 11. The highest BCUT2D eigenvalue weighted by Crippen LogP contribution is 2.57. The molecule has 13 nitrogen and oxygen atoms in total. The standard InChI is InChI=1S/C42H50N4O9S2/c1-7-28-22-42(28,39(50)45-57(52,53)31-13-14-31)23-35(48)34-21-30(54-37-32-20-27(36-9-8-18-56-36)11-10-26(32)16-17-43-37)24-46(34)38(49)33(15-12-29(47)19-25(2)3)44-40(51)55-41(4,5)6/h7-11,16-20,28,30-31,33-34H,1,12-15,21-24H2,2-6H3,(H,44,51)(H,45,50)/t28-,30+,33-,34-,42+/m0/s1. The number of carbonyl (C=O) groups is 5. The van der Waals surface area contributed by atoms with Crippen molar-refractivity contribution < 1.29 is 41.9 Å². The molecule has 5 atom stereocenters. The number of hydrogen-bond donors (Lipinski definition) is 2. The molecule has 2 N–H and O–H groups in total. The third-order valence-corrected chi connectivity index (χ3v) is 13.1. The number of carbonyl (C=O) groups excluding carboxylic acids is 5. The summed E-state index contributed by atoms with van der Waals surface area (Å²) in [7, 11) is -3.90. The lowest BCUT2D eigenvalue weighted by atomic mass is 9.91. The summed E-state index contributed by atoms with van der Waals surface area (Å²) in [5, 5.41) is 5.59. The van der Waals surface area contributed by atoms with E-state index >= 15 is 0 Å². The lowest BCUT2D eigenvalue weighted by Crippen LogP contribution is -2.53. The number of likely N-dealkylation sites (tertiary alicyclic amines) is 1. The molecular formula is C42H50N4O9S2. The first kappa shape index (κ1) is 41.7. The maximum absolute atomic E-state index is 14.6. The van der Waals surface area contributed by atoms with Crippen LogP contribution in [0.25, 0.3) is 21.2 Å². The summed E-state index contributed by atoms with van der Waals surface area (Å²) < 4.78 is 39.8. The Kier molecular flexibility index (Phi) is 12.1. The van der Waals surface area contributed by atoms with Gasteiger partial charge in [-0.3, -0.25) is 23.9 Å². The first-order chi connectivity index (χ1) is 26.9. The number of thiophene rings is 1. The monoisotopic (exact) mass is 818 g/mol. The summed E-state index contributed by atoms with van der Waals surface area (Å²) >= 11 is 1.59. The molecule has 3 aliphatic rings. The van der Waals surface area contributed by atoms with Crippen molar-refractivity contribution >= 4 is 61.6 Å². The Bertz CT molecular complexity index is 2200. The Morgan fingerprint density at radius 3 is 2.51 bits per heavy atom. The van der Waals surface area contributed by atoms with Crippen LogP contribution in [0.1, 0.15) is 79.6 Å². The molecule has 15 heteroatoms. The average Bonchev–Trinajstić information content (AvgIpc) is 4.01. The first-order valence-corrected chi connectivity index (χ1v) is 21.6. The van der Waals surface area contributed by atoms with Gasteiger partial charge in [0.15, 0.2) is 11.6 Å². The number of fused-ring (bicyclic) bond motifs is 1. The number of benzene rings is 1. The van der Waals surface area contributed by atoms with Gasteiger partial charge in [0.2, 0.25) is 27.7 Å². The number of allylic oxidation sites excluding steroid dienone is 3. The van der Waals surface area contributed by atoms with E-state index in [0.29, 0.717) is 18.7 Å². The van der Waals surface area contributed by atoms with Crippen molar-refractivity contribution in [2.24, 2.45) is 11.3 Å². The van der Waals surface area contributed by atoms with Gasteiger partial charge in [-0.15, -0.1) is 17.9 Å². The number of Topliss-reactive ketones (excluding diaryl/α,β-unsaturated/α-hetero) is 1. The van der Waals surface area contributed by atoms with Crippen LogP contribution < -0.4 is 14.8 Å². The van der Waals surface area contributed by atoms with E-state index in [2.05, 4.69) is 21.6 Å². The van der Waals surface area contributed by atoms with E-state index in [1.807, 2.05) is 41.8 Å². The number of pyridine rings is 1. The molecule has 6 rings (SSSR count). The van der Waals surface area contributed by atoms with Gasteiger partial charge in [-0.05, 0) is 107 Å². The van der Waals surface area contributed by atoms with E-state index < -0.39 is 74.1 Å². The van der Waals surface area contributed by atoms with Gasteiger partial charge in [0.1, 0.15) is 17.7 Å². The Labute approximate surface area is 337 Å². The van der Waals surface area contributed by atoms with Crippen LogP contribution in [0.3, 0.4) is 0 Å². The molecule has 2 saturated carbocycles. The van der Waals surface area contributed by atoms with Crippen molar-refractivity contribution in [3.63, 3.8) is 0 Å². The van der Waals surface area contributed by atoms with Crippen molar-refractivity contribution in [3.05, 3.63) is 72.3 Å². The van der Waals surface area contributed by atoms with Crippen LogP contribution in [-0.2, 0) is 33.9 Å². The summed E-state index contributed by atoms with van der Waals surface area (Å²) in [5.41, 5.74) is -0.490. The summed E-state index contributed by atoms with van der Waals surface area (Å²) in [4.78, 5) is 75.5. The van der Waals surface area contributed by atoms with Crippen molar-refractivity contribution in [1.29, 1.82) is 0 Å². The van der Waals surface area contributed by atoms with E-state index in [0.717, 1.165) is 26.8 Å². The van der Waals surface area contributed by atoms with Crippen LogP contribution >= 0.6 is 11.3 Å². The van der Waals surface area contributed by atoms with Crippen molar-refractivity contribution in [2.45, 2.75) is 109 Å². The molecule has 1 saturated heterocycles. The second-order valence-corrected chi connectivity index (χ2v) is 19.4. The number of nitrogens with zero attached hydrogens (tertiary/aromatic N) is 2. The number of sulfonamides is 1. The molecule has 0 spiro atoms. The van der Waals surface area contributed by atoms with Gasteiger partial charge in [-0.2, -0.15) is 0 Å². The fourth-order valence-electron chi connectivity index (χ4n) is 7.32. The van der Waals surface area contributed by atoms with Crippen LogP contribution in [0.5, 0.6) is 5.88 Å². The maximum Gasteiger partial charge on any atom is 0.408 e. The van der Waals surface area contributed by atoms with E-state index in [9.17, 15) is 32.4 Å². The minimum Gasteiger partial charge on any atom is -0.472 e. The van der Waals surface area contributed by atoms with Crippen LogP contribution in [0.15, 0.2) is 72.3 Å². The highest BCUT2D eigenvalue weighted by molar-refractivity contribution is 7.90. The zero-order valence-electron chi connectivity index (χ0n) is 32.9. The second kappa shape index (κ2) is 16.5. The average molecular weight is 819 g/mol. The minimum absolute atomic E-state index is 0.0277. The number of ketones is 2. The van der Waals surface area contributed by atoms with E-state index in [4.69, 9.17) is 9.47 Å². The van der Waals surface area contributed by atoms with Gasteiger partial charge in [0.25, 0.3) is 0 Å². The third kappa shape index (κ3) is 9.98. The normalized spacial score (nSPS) is 22.3. The van der Waals surface area contributed by atoms with Crippen molar-refractivity contribution in [1.82, 2.24) is 19.9 Å². The Morgan fingerprint density at radius 1 is 1.12 bits per heavy atom. The van der Waals surface area contributed by atoms with E-state index in [1.165, 1.54) is 11.0 Å². The molecule has 3 amide bonds. The summed E-state index contributed by atoms with van der Waals surface area (Å²) in [6.07, 6.45) is 3.67. The zero-order chi connectivity index (χ0) is 41.3. The predicted octanol–water partition coefficient (Wildman–Crippen LogP) is 6.28. The fourth-order valence-corrected chi connectivity index (χ4v) is 9.43. The quantitative estimate of drug-likeness (QED) is 0.124. The molecular weight excluding hydrogens is 769 g/mol. The number of alkyl carbamates (subject to hydrolysis) is 1. The molecule has 3 heterocycles. The van der Waals surface area contributed by atoms with Crippen LogP contribution in [0.2, 0.25) is 0 Å². The minimum atomic E-state index is -3.90. The smallest absolute Gasteiger partial charge is 0.408 e. The van der Waals surface area contributed by atoms with Crippen LogP contribution in [0, 0.1) is 11.3 Å². The highest BCUT2D eigenvalue weighted by Gasteiger charge is 2.61. The first-order valence-electron chi connectivity index (χ1n) is 19.2. The molecule has 1 aromatic carbocycles. The largest absolute Gasteiger partial charge is 0.472 e. The molecule has 1 aliphatic heterocycles. The lowest BCUT2D eigenvalue weighted by Gasteiger charge is -2.30. The highest BCUT2D eigenvalue weighted by atomic mass is 32.2. The molecule has 3 aromatic rings. The lowest BCUT2D eigenvalue weighted by molar-refractivity contribution is -0.140. The Balaban J connectivity index is 1.31. The number of ether oxygens (including phenoxy) is 2.